The second-order valence-electron chi connectivity index (χ2n) is 6.12. The van der Waals surface area contributed by atoms with E-state index in [1.807, 2.05) is 13.8 Å². The summed E-state index contributed by atoms with van der Waals surface area (Å²) in [6.45, 7) is 5.77. The van der Waals surface area contributed by atoms with Crippen LogP contribution >= 0.6 is 0 Å². The van der Waals surface area contributed by atoms with Crippen LogP contribution in [-0.2, 0) is 14.8 Å². The van der Waals surface area contributed by atoms with E-state index in [2.05, 4.69) is 0 Å². The average Bonchev–Trinajstić information content (AvgIpc) is 3.00. The van der Waals surface area contributed by atoms with E-state index < -0.39 is 16.0 Å². The molecule has 5 nitrogen and oxygen atoms in total. The molecule has 1 saturated carbocycles. The number of esters is 1. The normalized spacial score (nSPS) is 16.2. The summed E-state index contributed by atoms with van der Waals surface area (Å²) in [6.07, 6.45) is 3.92. The quantitative estimate of drug-likeness (QED) is 0.747. The number of sulfonamides is 1. The number of benzene rings is 1. The summed E-state index contributed by atoms with van der Waals surface area (Å²) in [6, 6.07) is 6.05. The maximum absolute atomic E-state index is 13.1. The summed E-state index contributed by atoms with van der Waals surface area (Å²) >= 11 is 0. The lowest BCUT2D eigenvalue weighted by Crippen LogP contribution is -2.43. The minimum atomic E-state index is -3.63. The van der Waals surface area contributed by atoms with Crippen LogP contribution in [0.4, 0.5) is 0 Å². The lowest BCUT2D eigenvalue weighted by molar-refractivity contribution is 0.0526. The van der Waals surface area contributed by atoms with Gasteiger partial charge in [-0.05, 0) is 51.8 Å². The second kappa shape index (κ2) is 7.45. The molecule has 0 aromatic heterocycles. The van der Waals surface area contributed by atoms with Gasteiger partial charge < -0.3 is 4.74 Å². The van der Waals surface area contributed by atoms with Gasteiger partial charge in [0.05, 0.1) is 17.1 Å². The maximum atomic E-state index is 13.1. The molecule has 128 valence electrons. The summed E-state index contributed by atoms with van der Waals surface area (Å²) in [4.78, 5) is 12.0. The van der Waals surface area contributed by atoms with Gasteiger partial charge in [-0.25, -0.2) is 13.2 Å². The Balaban J connectivity index is 2.37. The summed E-state index contributed by atoms with van der Waals surface area (Å²) in [5, 5.41) is 0. The molecule has 0 spiro atoms. The van der Waals surface area contributed by atoms with E-state index in [9.17, 15) is 13.2 Å². The standard InChI is InChI=1S/C17H25NO4S/c1-4-22-17(19)14-8-7-11-16(12-14)23(20,21)18(13(2)3)15-9-5-6-10-15/h7-8,11-13,15H,4-6,9-10H2,1-3H3. The molecule has 0 atom stereocenters. The predicted molar refractivity (Wildman–Crippen MR) is 88.8 cm³/mol. The molecule has 0 aliphatic heterocycles. The van der Waals surface area contributed by atoms with E-state index in [-0.39, 0.29) is 29.1 Å². The van der Waals surface area contributed by atoms with E-state index in [1.165, 1.54) is 6.07 Å². The molecule has 1 aromatic rings. The van der Waals surface area contributed by atoms with Crippen LogP contribution in [0.1, 0.15) is 56.8 Å². The van der Waals surface area contributed by atoms with Gasteiger partial charge in [-0.1, -0.05) is 18.9 Å². The van der Waals surface area contributed by atoms with Gasteiger partial charge in [-0.3, -0.25) is 0 Å². The Labute approximate surface area is 138 Å². The first-order valence-electron chi connectivity index (χ1n) is 8.18. The molecule has 0 heterocycles. The third-order valence-corrected chi connectivity index (χ3v) is 6.24. The second-order valence-corrected chi connectivity index (χ2v) is 7.96. The Morgan fingerprint density at radius 2 is 1.96 bits per heavy atom. The minimum Gasteiger partial charge on any atom is -0.462 e. The van der Waals surface area contributed by atoms with Crippen LogP contribution in [0, 0.1) is 0 Å². The fourth-order valence-corrected chi connectivity index (χ4v) is 5.10. The highest BCUT2D eigenvalue weighted by molar-refractivity contribution is 7.89. The van der Waals surface area contributed by atoms with Crippen molar-refractivity contribution in [2.24, 2.45) is 0 Å². The molecule has 1 aliphatic rings. The van der Waals surface area contributed by atoms with Crippen LogP contribution in [0.3, 0.4) is 0 Å². The van der Waals surface area contributed by atoms with Gasteiger partial charge in [0.25, 0.3) is 0 Å². The van der Waals surface area contributed by atoms with Gasteiger partial charge in [0.2, 0.25) is 10.0 Å². The molecule has 0 radical (unpaired) electrons. The fraction of sp³-hybridized carbons (Fsp3) is 0.588. The SMILES string of the molecule is CCOC(=O)c1cccc(S(=O)(=O)N(C(C)C)C2CCCC2)c1. The van der Waals surface area contributed by atoms with E-state index in [1.54, 1.807) is 29.4 Å². The van der Waals surface area contributed by atoms with Crippen LogP contribution in [0.25, 0.3) is 0 Å². The smallest absolute Gasteiger partial charge is 0.338 e. The number of nitrogens with zero attached hydrogens (tertiary/aromatic N) is 1. The Bertz CT molecular complexity index is 648. The van der Waals surface area contributed by atoms with Crippen molar-refractivity contribution in [3.05, 3.63) is 29.8 Å². The Morgan fingerprint density at radius 1 is 1.30 bits per heavy atom. The minimum absolute atomic E-state index is 0.0475. The zero-order chi connectivity index (χ0) is 17.0. The molecule has 1 aromatic carbocycles. The van der Waals surface area contributed by atoms with Crippen molar-refractivity contribution in [3.63, 3.8) is 0 Å². The molecule has 0 N–H and O–H groups in total. The van der Waals surface area contributed by atoms with Crippen molar-refractivity contribution >= 4 is 16.0 Å². The number of hydrogen-bond acceptors (Lipinski definition) is 4. The maximum Gasteiger partial charge on any atom is 0.338 e. The molecule has 1 aliphatic carbocycles. The highest BCUT2D eigenvalue weighted by Crippen LogP contribution is 2.30. The monoisotopic (exact) mass is 339 g/mol. The van der Waals surface area contributed by atoms with Crippen molar-refractivity contribution in [1.29, 1.82) is 0 Å². The topological polar surface area (TPSA) is 63.7 Å². The summed E-state index contributed by atoms with van der Waals surface area (Å²) in [5.41, 5.74) is 0.267. The first-order chi connectivity index (χ1) is 10.9. The van der Waals surface area contributed by atoms with Gasteiger partial charge in [0.1, 0.15) is 0 Å². The highest BCUT2D eigenvalue weighted by atomic mass is 32.2. The van der Waals surface area contributed by atoms with Crippen LogP contribution in [0.15, 0.2) is 29.2 Å². The zero-order valence-corrected chi connectivity index (χ0v) is 14.8. The van der Waals surface area contributed by atoms with Crippen LogP contribution < -0.4 is 0 Å². The van der Waals surface area contributed by atoms with Gasteiger partial charge >= 0.3 is 5.97 Å². The van der Waals surface area contributed by atoms with Gasteiger partial charge in [0.15, 0.2) is 0 Å². The van der Waals surface area contributed by atoms with Crippen molar-refractivity contribution in [3.8, 4) is 0 Å². The fourth-order valence-electron chi connectivity index (χ4n) is 3.17. The van der Waals surface area contributed by atoms with Crippen LogP contribution in [0.5, 0.6) is 0 Å². The number of rotatable bonds is 6. The van der Waals surface area contributed by atoms with Crippen LogP contribution in [0.2, 0.25) is 0 Å². The van der Waals surface area contributed by atoms with Crippen LogP contribution in [-0.4, -0.2) is 37.4 Å². The Morgan fingerprint density at radius 3 is 2.52 bits per heavy atom. The number of ether oxygens (including phenoxy) is 1. The third kappa shape index (κ3) is 3.93. The first-order valence-corrected chi connectivity index (χ1v) is 9.62. The lowest BCUT2D eigenvalue weighted by atomic mass is 10.2. The molecule has 1 fully saturated rings. The number of carbonyl (C=O) groups excluding carboxylic acids is 1. The molecule has 2 rings (SSSR count). The molecule has 6 heteroatoms. The average molecular weight is 339 g/mol. The largest absolute Gasteiger partial charge is 0.462 e. The number of hydrogen-bond donors (Lipinski definition) is 0. The van der Waals surface area contributed by atoms with Crippen molar-refractivity contribution in [1.82, 2.24) is 4.31 Å². The molecular formula is C17H25NO4S. The molecular weight excluding hydrogens is 314 g/mol. The molecule has 0 saturated heterocycles. The molecule has 0 amide bonds. The Kier molecular flexibility index (Phi) is 5.81. The van der Waals surface area contributed by atoms with Crippen molar-refractivity contribution in [2.75, 3.05) is 6.61 Å². The van der Waals surface area contributed by atoms with E-state index in [4.69, 9.17) is 4.74 Å². The van der Waals surface area contributed by atoms with E-state index >= 15 is 0 Å². The van der Waals surface area contributed by atoms with Gasteiger partial charge in [0, 0.05) is 12.1 Å². The van der Waals surface area contributed by atoms with Gasteiger partial charge in [-0.2, -0.15) is 4.31 Å². The molecule has 0 unspecified atom stereocenters. The predicted octanol–water partition coefficient (Wildman–Crippen LogP) is 3.21. The van der Waals surface area contributed by atoms with E-state index in [0.29, 0.717) is 0 Å². The first kappa shape index (κ1) is 17.9. The number of carbonyl (C=O) groups is 1. The molecule has 0 bridgehead atoms. The summed E-state index contributed by atoms with van der Waals surface area (Å²) in [7, 11) is -3.63. The van der Waals surface area contributed by atoms with E-state index in [0.717, 1.165) is 25.7 Å². The Hall–Kier alpha value is -1.40. The summed E-state index contributed by atoms with van der Waals surface area (Å²) in [5.74, 6) is -0.499. The zero-order valence-electron chi connectivity index (χ0n) is 14.0. The third-order valence-electron chi connectivity index (χ3n) is 4.11. The van der Waals surface area contributed by atoms with Crippen molar-refractivity contribution in [2.45, 2.75) is 63.4 Å². The summed E-state index contributed by atoms with van der Waals surface area (Å²) < 4.78 is 32.7. The lowest BCUT2D eigenvalue weighted by Gasteiger charge is -2.31. The molecule has 23 heavy (non-hydrogen) atoms. The van der Waals surface area contributed by atoms with Gasteiger partial charge in [-0.15, -0.1) is 0 Å². The highest BCUT2D eigenvalue weighted by Gasteiger charge is 2.35. The van der Waals surface area contributed by atoms with Crippen molar-refractivity contribution < 1.29 is 17.9 Å².